The summed E-state index contributed by atoms with van der Waals surface area (Å²) >= 11 is 0. The van der Waals surface area contributed by atoms with Crippen LogP contribution in [-0.2, 0) is 4.79 Å². The molecule has 1 rings (SSSR count). The molecule has 1 amide bonds. The molecule has 2 N–H and O–H groups in total. The van der Waals surface area contributed by atoms with Crippen LogP contribution in [0.1, 0.15) is 53.4 Å². The first-order valence-electron chi connectivity index (χ1n) is 6.41. The second kappa shape index (κ2) is 5.17. The average Bonchev–Trinajstić information content (AvgIpc) is 2.63. The Morgan fingerprint density at radius 1 is 1.50 bits per heavy atom. The molecular weight excluding hydrogens is 200 g/mol. The highest BCUT2D eigenvalue weighted by Gasteiger charge is 2.30. The van der Waals surface area contributed by atoms with Crippen molar-refractivity contribution in [2.24, 2.45) is 11.1 Å². The number of nitrogens with two attached hydrogens (primary N) is 1. The molecule has 1 aliphatic rings. The summed E-state index contributed by atoms with van der Waals surface area (Å²) in [6, 6.07) is 0.415. The molecule has 0 saturated carbocycles. The second-order valence-corrected chi connectivity index (χ2v) is 5.97. The Hall–Kier alpha value is -0.570. The van der Waals surface area contributed by atoms with Crippen molar-refractivity contribution >= 4 is 5.91 Å². The van der Waals surface area contributed by atoms with E-state index in [1.54, 1.807) is 0 Å². The number of amides is 1. The van der Waals surface area contributed by atoms with Gasteiger partial charge in [-0.25, -0.2) is 0 Å². The second-order valence-electron chi connectivity index (χ2n) is 5.97. The van der Waals surface area contributed by atoms with Gasteiger partial charge in [-0.05, 0) is 24.7 Å². The third-order valence-corrected chi connectivity index (χ3v) is 3.68. The van der Waals surface area contributed by atoms with Crippen molar-refractivity contribution in [3.8, 4) is 0 Å². The van der Waals surface area contributed by atoms with E-state index < -0.39 is 0 Å². The van der Waals surface area contributed by atoms with Gasteiger partial charge >= 0.3 is 0 Å². The van der Waals surface area contributed by atoms with Crippen LogP contribution in [0.25, 0.3) is 0 Å². The van der Waals surface area contributed by atoms with Gasteiger partial charge in [0.05, 0.1) is 0 Å². The van der Waals surface area contributed by atoms with Crippen LogP contribution in [0, 0.1) is 5.41 Å². The smallest absolute Gasteiger partial charge is 0.224 e. The van der Waals surface area contributed by atoms with Crippen LogP contribution in [0.4, 0.5) is 0 Å². The van der Waals surface area contributed by atoms with E-state index in [-0.39, 0.29) is 17.4 Å². The molecule has 2 atom stereocenters. The molecule has 1 fully saturated rings. The van der Waals surface area contributed by atoms with Gasteiger partial charge in [-0.1, -0.05) is 27.7 Å². The number of carbonyl (C=O) groups excluding carboxylic acids is 1. The summed E-state index contributed by atoms with van der Waals surface area (Å²) in [5.74, 6) is 0.242. The van der Waals surface area contributed by atoms with Crippen LogP contribution in [0.15, 0.2) is 0 Å². The number of rotatable bonds is 3. The fourth-order valence-corrected chi connectivity index (χ4v) is 2.20. The van der Waals surface area contributed by atoms with Gasteiger partial charge in [-0.2, -0.15) is 0 Å². The van der Waals surface area contributed by atoms with Gasteiger partial charge in [0.1, 0.15) is 0 Å². The summed E-state index contributed by atoms with van der Waals surface area (Å²) in [5, 5.41) is 0. The van der Waals surface area contributed by atoms with E-state index in [1.807, 2.05) is 4.90 Å². The van der Waals surface area contributed by atoms with E-state index in [4.69, 9.17) is 5.73 Å². The Morgan fingerprint density at radius 2 is 2.12 bits per heavy atom. The van der Waals surface area contributed by atoms with Crippen LogP contribution in [0.3, 0.4) is 0 Å². The summed E-state index contributed by atoms with van der Waals surface area (Å²) < 4.78 is 0. The van der Waals surface area contributed by atoms with E-state index in [0.29, 0.717) is 12.5 Å². The SMILES string of the molecule is CCC1CCCN1C(=O)CC(N)C(C)(C)C. The predicted octanol–water partition coefficient (Wildman–Crippen LogP) is 2.15. The average molecular weight is 226 g/mol. The van der Waals surface area contributed by atoms with Crippen LogP contribution in [0.2, 0.25) is 0 Å². The summed E-state index contributed by atoms with van der Waals surface area (Å²) in [4.78, 5) is 14.2. The summed E-state index contributed by atoms with van der Waals surface area (Å²) in [7, 11) is 0. The Labute approximate surface area is 99.4 Å². The lowest BCUT2D eigenvalue weighted by atomic mass is 9.85. The monoisotopic (exact) mass is 226 g/mol. The van der Waals surface area contributed by atoms with Crippen molar-refractivity contribution in [3.05, 3.63) is 0 Å². The molecular formula is C13H26N2O. The minimum absolute atomic E-state index is 0.0110. The van der Waals surface area contributed by atoms with Gasteiger partial charge < -0.3 is 10.6 Å². The first-order chi connectivity index (χ1) is 7.36. The zero-order valence-electron chi connectivity index (χ0n) is 11.1. The number of hydrogen-bond donors (Lipinski definition) is 1. The minimum atomic E-state index is -0.0434. The number of nitrogens with zero attached hydrogens (tertiary/aromatic N) is 1. The van der Waals surface area contributed by atoms with Crippen molar-refractivity contribution in [2.75, 3.05) is 6.54 Å². The molecule has 0 bridgehead atoms. The van der Waals surface area contributed by atoms with E-state index >= 15 is 0 Å². The van der Waals surface area contributed by atoms with Gasteiger partial charge in [-0.15, -0.1) is 0 Å². The molecule has 1 saturated heterocycles. The molecule has 0 aromatic heterocycles. The topological polar surface area (TPSA) is 46.3 Å². The van der Waals surface area contributed by atoms with Crippen LogP contribution in [0.5, 0.6) is 0 Å². The molecule has 3 heteroatoms. The van der Waals surface area contributed by atoms with Crippen molar-refractivity contribution in [2.45, 2.75) is 65.5 Å². The molecule has 0 aromatic carbocycles. The molecule has 1 aliphatic heterocycles. The summed E-state index contributed by atoms with van der Waals surface area (Å²) in [6.07, 6.45) is 3.86. The van der Waals surface area contributed by atoms with Gasteiger partial charge in [0.2, 0.25) is 5.91 Å². The van der Waals surface area contributed by atoms with Gasteiger partial charge in [-0.3, -0.25) is 4.79 Å². The Morgan fingerprint density at radius 3 is 2.62 bits per heavy atom. The Kier molecular flexibility index (Phi) is 4.36. The van der Waals surface area contributed by atoms with Crippen molar-refractivity contribution < 1.29 is 4.79 Å². The van der Waals surface area contributed by atoms with Crippen molar-refractivity contribution in [1.82, 2.24) is 4.90 Å². The lowest BCUT2D eigenvalue weighted by Gasteiger charge is -2.30. The van der Waals surface area contributed by atoms with E-state index in [1.165, 1.54) is 0 Å². The molecule has 2 unspecified atom stereocenters. The number of carbonyl (C=O) groups is 1. The lowest BCUT2D eigenvalue weighted by molar-refractivity contribution is -0.133. The van der Waals surface area contributed by atoms with Gasteiger partial charge in [0, 0.05) is 25.0 Å². The minimum Gasteiger partial charge on any atom is -0.340 e. The normalized spacial score (nSPS) is 23.6. The molecule has 3 nitrogen and oxygen atoms in total. The fraction of sp³-hybridized carbons (Fsp3) is 0.923. The predicted molar refractivity (Wildman–Crippen MR) is 67.1 cm³/mol. The molecule has 0 spiro atoms. The molecule has 1 heterocycles. The number of hydrogen-bond acceptors (Lipinski definition) is 2. The van der Waals surface area contributed by atoms with Gasteiger partial charge in [0.25, 0.3) is 0 Å². The lowest BCUT2D eigenvalue weighted by Crippen LogP contribution is -2.43. The molecule has 0 aromatic rings. The first kappa shape index (κ1) is 13.5. The van der Waals surface area contributed by atoms with Crippen LogP contribution >= 0.6 is 0 Å². The van der Waals surface area contributed by atoms with Crippen LogP contribution < -0.4 is 5.73 Å². The molecule has 0 radical (unpaired) electrons. The van der Waals surface area contributed by atoms with E-state index in [0.717, 1.165) is 25.8 Å². The van der Waals surface area contributed by atoms with Crippen molar-refractivity contribution in [1.29, 1.82) is 0 Å². The zero-order valence-corrected chi connectivity index (χ0v) is 11.1. The maximum absolute atomic E-state index is 12.1. The zero-order chi connectivity index (χ0) is 12.3. The molecule has 0 aliphatic carbocycles. The third-order valence-electron chi connectivity index (χ3n) is 3.68. The molecule has 16 heavy (non-hydrogen) atoms. The van der Waals surface area contributed by atoms with Gasteiger partial charge in [0.15, 0.2) is 0 Å². The Balaban J connectivity index is 2.52. The highest BCUT2D eigenvalue weighted by molar-refractivity contribution is 5.77. The summed E-state index contributed by atoms with van der Waals surface area (Å²) in [5.41, 5.74) is 6.07. The van der Waals surface area contributed by atoms with Crippen LogP contribution in [-0.4, -0.2) is 29.4 Å². The highest BCUT2D eigenvalue weighted by Crippen LogP contribution is 2.24. The largest absolute Gasteiger partial charge is 0.340 e. The van der Waals surface area contributed by atoms with E-state index in [9.17, 15) is 4.79 Å². The Bertz CT molecular complexity index is 245. The maximum Gasteiger partial charge on any atom is 0.224 e. The maximum atomic E-state index is 12.1. The number of likely N-dealkylation sites (tertiary alicyclic amines) is 1. The van der Waals surface area contributed by atoms with Crippen molar-refractivity contribution in [3.63, 3.8) is 0 Å². The third kappa shape index (κ3) is 3.21. The fourth-order valence-electron chi connectivity index (χ4n) is 2.20. The standard InChI is InChI=1S/C13H26N2O/c1-5-10-7-6-8-15(10)12(16)9-11(14)13(2,3)4/h10-11H,5-9,14H2,1-4H3. The quantitative estimate of drug-likeness (QED) is 0.801. The highest BCUT2D eigenvalue weighted by atomic mass is 16.2. The van der Waals surface area contributed by atoms with E-state index in [2.05, 4.69) is 27.7 Å². The first-order valence-corrected chi connectivity index (χ1v) is 6.41. The summed E-state index contributed by atoms with van der Waals surface area (Å²) in [6.45, 7) is 9.35. The molecule has 94 valence electrons.